The number of amidine groups is 1. The van der Waals surface area contributed by atoms with Crippen LogP contribution in [0, 0.1) is 0 Å². The van der Waals surface area contributed by atoms with Crippen molar-refractivity contribution in [2.24, 2.45) is 4.99 Å². The van der Waals surface area contributed by atoms with Gasteiger partial charge in [-0.05, 0) is 49.1 Å². The average molecular weight is 518 g/mol. The summed E-state index contributed by atoms with van der Waals surface area (Å²) < 4.78 is 10.9. The zero-order valence-electron chi connectivity index (χ0n) is 18.4. The fourth-order valence-corrected chi connectivity index (χ4v) is 4.72. The van der Waals surface area contributed by atoms with E-state index in [1.165, 1.54) is 11.8 Å². The number of hydrogen-bond acceptors (Lipinski definition) is 7. The number of amides is 1. The normalized spacial score (nSPS) is 16.8. The van der Waals surface area contributed by atoms with Crippen LogP contribution in [0.1, 0.15) is 25.5 Å². The maximum atomic E-state index is 12.7. The molecule has 0 spiro atoms. The van der Waals surface area contributed by atoms with Crippen LogP contribution >= 0.6 is 35.0 Å². The van der Waals surface area contributed by atoms with Gasteiger partial charge in [-0.2, -0.15) is 0 Å². The Hall–Kier alpha value is -2.94. The van der Waals surface area contributed by atoms with E-state index in [1.54, 1.807) is 37.3 Å². The second kappa shape index (κ2) is 10.5. The Kier molecular flexibility index (Phi) is 7.50. The van der Waals surface area contributed by atoms with Crippen molar-refractivity contribution >= 4 is 57.7 Å². The number of carbonyl (C=O) groups is 2. The first-order valence-corrected chi connectivity index (χ1v) is 12.1. The van der Waals surface area contributed by atoms with Crippen molar-refractivity contribution in [3.8, 4) is 5.75 Å². The smallest absolute Gasteiger partial charge is 0.338 e. The quantitative estimate of drug-likeness (QED) is 0.469. The molecule has 2 aromatic carbocycles. The predicted molar refractivity (Wildman–Crippen MR) is 135 cm³/mol. The molecule has 2 aliphatic heterocycles. The number of hydrogen-bond donors (Lipinski definition) is 1. The molecule has 2 aliphatic rings. The molecule has 0 fully saturated rings. The number of nitrogens with one attached hydrogen (secondary N) is 1. The fraction of sp³-hybridized carbons (Fsp3) is 0.208. The van der Waals surface area contributed by atoms with Crippen molar-refractivity contribution in [3.05, 3.63) is 81.0 Å². The number of allylic oxidation sites excluding steroid dienone is 1. The molecule has 0 aliphatic carbocycles. The highest BCUT2D eigenvalue weighted by atomic mass is 35.5. The molecule has 0 saturated carbocycles. The van der Waals surface area contributed by atoms with Crippen LogP contribution in [0.4, 0.5) is 5.69 Å². The lowest BCUT2D eigenvalue weighted by Gasteiger charge is -2.33. The summed E-state index contributed by atoms with van der Waals surface area (Å²) in [6.07, 6.45) is 1.90. The van der Waals surface area contributed by atoms with E-state index >= 15 is 0 Å². The minimum absolute atomic E-state index is 0.207. The summed E-state index contributed by atoms with van der Waals surface area (Å²) >= 11 is 13.6. The maximum Gasteiger partial charge on any atom is 0.338 e. The van der Waals surface area contributed by atoms with E-state index in [0.29, 0.717) is 27.7 Å². The number of esters is 1. The number of thioether (sulfide) groups is 1. The van der Waals surface area contributed by atoms with Gasteiger partial charge in [-0.1, -0.05) is 53.2 Å². The Bertz CT molecular complexity index is 1210. The fourth-order valence-electron chi connectivity index (χ4n) is 3.58. The number of nitrogens with zero attached hydrogens (tertiary/aromatic N) is 2. The van der Waals surface area contributed by atoms with Crippen LogP contribution in [0.5, 0.6) is 5.75 Å². The summed E-state index contributed by atoms with van der Waals surface area (Å²) in [6, 6.07) is 11.8. The highest BCUT2D eigenvalue weighted by molar-refractivity contribution is 8.16. The Morgan fingerprint density at radius 3 is 2.68 bits per heavy atom. The van der Waals surface area contributed by atoms with E-state index in [0.717, 1.165) is 10.7 Å². The van der Waals surface area contributed by atoms with Gasteiger partial charge >= 0.3 is 5.97 Å². The number of anilines is 1. The monoisotopic (exact) mass is 517 g/mol. The number of ether oxygens (including phenoxy) is 2. The van der Waals surface area contributed by atoms with Crippen LogP contribution in [0.3, 0.4) is 0 Å². The number of rotatable bonds is 7. The van der Waals surface area contributed by atoms with Gasteiger partial charge < -0.3 is 19.7 Å². The lowest BCUT2D eigenvalue weighted by molar-refractivity contribution is -0.139. The van der Waals surface area contributed by atoms with Gasteiger partial charge in [0, 0.05) is 6.20 Å². The van der Waals surface area contributed by atoms with Gasteiger partial charge in [-0.15, -0.1) is 0 Å². The van der Waals surface area contributed by atoms with Crippen molar-refractivity contribution in [2.75, 3.05) is 18.5 Å². The number of halogens is 2. The Balaban J connectivity index is 1.47. The lowest BCUT2D eigenvalue weighted by Crippen LogP contribution is -2.34. The van der Waals surface area contributed by atoms with E-state index in [9.17, 15) is 9.59 Å². The maximum absolute atomic E-state index is 12.7. The van der Waals surface area contributed by atoms with Crippen molar-refractivity contribution in [1.82, 2.24) is 4.90 Å². The number of fused-ring (bicyclic) bond motifs is 1. The number of aliphatic imine (C=N–C) groups is 1. The van der Waals surface area contributed by atoms with Gasteiger partial charge in [0.15, 0.2) is 11.8 Å². The zero-order chi connectivity index (χ0) is 24.2. The lowest BCUT2D eigenvalue weighted by atomic mass is 9.95. The van der Waals surface area contributed by atoms with Crippen molar-refractivity contribution in [3.63, 3.8) is 0 Å². The van der Waals surface area contributed by atoms with Crippen LogP contribution in [-0.4, -0.2) is 35.2 Å². The van der Waals surface area contributed by atoms with E-state index in [2.05, 4.69) is 10.3 Å². The minimum atomic E-state index is -0.394. The molecule has 2 heterocycles. The summed E-state index contributed by atoms with van der Waals surface area (Å²) in [5, 5.41) is 6.02. The number of benzene rings is 2. The molecular formula is C24H21Cl2N3O4S. The number of carbonyl (C=O) groups excluding carboxylic acids is 2. The SMILES string of the molecule is CCOC(=O)C1=C(C)N=C2SC=CN2[C@@H]1c1ccc(OCC(=O)Nc2cccc(Cl)c2Cl)cc1. The highest BCUT2D eigenvalue weighted by Gasteiger charge is 2.37. The predicted octanol–water partition coefficient (Wildman–Crippen LogP) is 5.78. The molecule has 1 amide bonds. The molecule has 4 rings (SSSR count). The van der Waals surface area contributed by atoms with Crippen LogP contribution in [0.25, 0.3) is 0 Å². The van der Waals surface area contributed by atoms with Crippen molar-refractivity contribution < 1.29 is 19.1 Å². The molecular weight excluding hydrogens is 497 g/mol. The molecule has 1 atom stereocenters. The van der Waals surface area contributed by atoms with Crippen molar-refractivity contribution in [1.29, 1.82) is 0 Å². The third-order valence-corrected chi connectivity index (χ3v) is 6.70. The molecule has 34 heavy (non-hydrogen) atoms. The third-order valence-electron chi connectivity index (χ3n) is 5.11. The van der Waals surface area contributed by atoms with Crippen LogP contribution in [-0.2, 0) is 14.3 Å². The second-order valence-corrected chi connectivity index (χ2v) is 8.99. The summed E-state index contributed by atoms with van der Waals surface area (Å²) in [5.74, 6) is -0.260. The molecule has 0 saturated heterocycles. The van der Waals surface area contributed by atoms with E-state index in [-0.39, 0.29) is 30.2 Å². The molecule has 2 aromatic rings. The summed E-state index contributed by atoms with van der Waals surface area (Å²) in [7, 11) is 0. The van der Waals surface area contributed by atoms with Crippen LogP contribution in [0.2, 0.25) is 10.0 Å². The van der Waals surface area contributed by atoms with E-state index in [4.69, 9.17) is 32.7 Å². The molecule has 0 radical (unpaired) electrons. The van der Waals surface area contributed by atoms with Gasteiger partial charge in [0.05, 0.1) is 39.7 Å². The zero-order valence-corrected chi connectivity index (χ0v) is 20.7. The molecule has 1 N–H and O–H groups in total. The largest absolute Gasteiger partial charge is 0.484 e. The standard InChI is InChI=1S/C24H21Cl2N3O4S/c1-3-32-23(31)20-14(2)27-24-29(11-12-34-24)22(20)15-7-9-16(10-8-15)33-13-19(30)28-18-6-4-5-17(25)21(18)26/h4-12,22H,3,13H2,1-2H3,(H,28,30)/t22-/m1/s1. The van der Waals surface area contributed by atoms with Gasteiger partial charge in [0.2, 0.25) is 0 Å². The van der Waals surface area contributed by atoms with E-state index in [1.807, 2.05) is 35.6 Å². The second-order valence-electron chi connectivity index (χ2n) is 7.33. The Morgan fingerprint density at radius 1 is 1.18 bits per heavy atom. The van der Waals surface area contributed by atoms with Crippen LogP contribution in [0.15, 0.2) is 70.3 Å². The van der Waals surface area contributed by atoms with Crippen LogP contribution < -0.4 is 10.1 Å². The first kappa shape index (κ1) is 24.2. The molecule has 10 heteroatoms. The van der Waals surface area contributed by atoms with Gasteiger partial charge in [0.1, 0.15) is 5.75 Å². The molecule has 0 aromatic heterocycles. The molecule has 0 bridgehead atoms. The Labute approximate surface area is 211 Å². The Morgan fingerprint density at radius 2 is 1.94 bits per heavy atom. The third kappa shape index (κ3) is 5.09. The van der Waals surface area contributed by atoms with Gasteiger partial charge in [0.25, 0.3) is 5.91 Å². The average Bonchev–Trinajstić information content (AvgIpc) is 3.28. The summed E-state index contributed by atoms with van der Waals surface area (Å²) in [6.45, 7) is 3.65. The summed E-state index contributed by atoms with van der Waals surface area (Å²) in [4.78, 5) is 31.5. The van der Waals surface area contributed by atoms with Crippen molar-refractivity contribution in [2.45, 2.75) is 19.9 Å². The first-order chi connectivity index (χ1) is 16.4. The molecule has 176 valence electrons. The molecule has 0 unspecified atom stereocenters. The first-order valence-electron chi connectivity index (χ1n) is 10.4. The van der Waals surface area contributed by atoms with E-state index < -0.39 is 5.97 Å². The van der Waals surface area contributed by atoms with Gasteiger partial charge in [-0.3, -0.25) is 4.79 Å². The molecule has 7 nitrogen and oxygen atoms in total. The topological polar surface area (TPSA) is 80.2 Å². The summed E-state index contributed by atoms with van der Waals surface area (Å²) in [5.41, 5.74) is 2.40. The highest BCUT2D eigenvalue weighted by Crippen LogP contribution is 2.41. The minimum Gasteiger partial charge on any atom is -0.484 e. The van der Waals surface area contributed by atoms with Gasteiger partial charge in [-0.25, -0.2) is 9.79 Å².